The van der Waals surface area contributed by atoms with Crippen LogP contribution in [0.15, 0.2) is 0 Å². The summed E-state index contributed by atoms with van der Waals surface area (Å²) in [6, 6.07) is 0. The third kappa shape index (κ3) is 241. The summed E-state index contributed by atoms with van der Waals surface area (Å²) in [5.41, 5.74) is 0. The van der Waals surface area contributed by atoms with Crippen LogP contribution in [0.4, 0.5) is 0 Å². The third-order valence-electron chi connectivity index (χ3n) is 0. The Morgan fingerprint density at radius 3 is 0.375 bits per heavy atom. The first-order valence-electron chi connectivity index (χ1n) is 0. The molecule has 8 heavy (non-hydrogen) atoms. The summed E-state index contributed by atoms with van der Waals surface area (Å²) in [5.74, 6) is 0. The van der Waals surface area contributed by atoms with Gasteiger partial charge in [-0.3, -0.25) is 0 Å². The molecule has 0 rings (SSSR count). The molecule has 67 valence electrons. The van der Waals surface area contributed by atoms with Gasteiger partial charge in [0, 0.05) is 22.4 Å². The minimum atomic E-state index is 0. The van der Waals surface area contributed by atoms with Crippen molar-refractivity contribution in [2.75, 3.05) is 0 Å². The summed E-state index contributed by atoms with van der Waals surface area (Å²) in [6.45, 7) is 0. The number of rotatable bonds is 0. The Kier molecular flexibility index (Phi) is 25600. The van der Waals surface area contributed by atoms with Crippen LogP contribution in [0.25, 0.3) is 0 Å². The molecule has 0 bridgehead atoms. The summed E-state index contributed by atoms with van der Waals surface area (Å²) in [4.78, 5) is 0. The SMILES string of the molecule is C.C.C.C.C.C.Cl.[Au]. The fourth-order valence-corrected chi connectivity index (χ4v) is 0. The molecule has 0 N–H and O–H groups in total. The predicted octanol–water partition coefficient (Wildman–Crippen LogP) is 4.24. The van der Waals surface area contributed by atoms with Gasteiger partial charge in [0.05, 0.1) is 0 Å². The normalized spacial score (nSPS) is 0. The van der Waals surface area contributed by atoms with Crippen molar-refractivity contribution in [3.63, 3.8) is 0 Å². The molecule has 0 heterocycles. The molecule has 1 radical (unpaired) electrons. The Hall–Kier alpha value is 1.03. The molecule has 0 spiro atoms. The number of hydrogen-bond donors (Lipinski definition) is 0. The molecule has 0 aliphatic heterocycles. The molecule has 0 unspecified atom stereocenters. The fraction of sp³-hybridized carbons (Fsp3) is 1.00. The van der Waals surface area contributed by atoms with E-state index in [1.54, 1.807) is 0 Å². The van der Waals surface area contributed by atoms with Crippen molar-refractivity contribution in [3.8, 4) is 0 Å². The molecule has 0 amide bonds. The number of hydrogen-bond acceptors (Lipinski definition) is 0. The Morgan fingerprint density at radius 1 is 0.375 bits per heavy atom. The zero-order valence-electron chi connectivity index (χ0n) is 0.710. The van der Waals surface area contributed by atoms with E-state index < -0.39 is 0 Å². The van der Waals surface area contributed by atoms with Gasteiger partial charge in [0.15, 0.2) is 0 Å². The molecule has 2 heteroatoms. The molecular formula is C6H25AuCl. The van der Waals surface area contributed by atoms with E-state index in [1.165, 1.54) is 0 Å². The van der Waals surface area contributed by atoms with E-state index >= 15 is 0 Å². The van der Waals surface area contributed by atoms with E-state index in [9.17, 15) is 0 Å². The topological polar surface area (TPSA) is 0 Å². The maximum Gasteiger partial charge on any atom is 0 e. The summed E-state index contributed by atoms with van der Waals surface area (Å²) in [5, 5.41) is 0. The first kappa shape index (κ1) is 549. The van der Waals surface area contributed by atoms with Gasteiger partial charge < -0.3 is 0 Å². The van der Waals surface area contributed by atoms with Crippen LogP contribution >= 0.6 is 12.4 Å². The minimum absolute atomic E-state index is 0. The van der Waals surface area contributed by atoms with Crippen LogP contribution in [0.1, 0.15) is 44.6 Å². The zero-order chi connectivity index (χ0) is 0. The van der Waals surface area contributed by atoms with Gasteiger partial charge in [-0.2, -0.15) is 0 Å². The summed E-state index contributed by atoms with van der Waals surface area (Å²) >= 11 is 0. The van der Waals surface area contributed by atoms with Crippen molar-refractivity contribution in [3.05, 3.63) is 0 Å². The van der Waals surface area contributed by atoms with E-state index in [2.05, 4.69) is 0 Å². The predicted molar refractivity (Wildman–Crippen MR) is 47.6 cm³/mol. The second-order valence-electron chi connectivity index (χ2n) is 0. The van der Waals surface area contributed by atoms with Crippen molar-refractivity contribution in [2.24, 2.45) is 0 Å². The molecule has 0 saturated heterocycles. The van der Waals surface area contributed by atoms with E-state index in [4.69, 9.17) is 0 Å². The second-order valence-corrected chi connectivity index (χ2v) is 0. The molecule has 0 aromatic carbocycles. The quantitative estimate of drug-likeness (QED) is 0.583. The maximum absolute atomic E-state index is 0. The Bertz CT molecular complexity index is 8.49. The third-order valence-corrected chi connectivity index (χ3v) is 0. The fourth-order valence-electron chi connectivity index (χ4n) is 0. The van der Waals surface area contributed by atoms with Gasteiger partial charge in [0.25, 0.3) is 0 Å². The van der Waals surface area contributed by atoms with Crippen LogP contribution in [0.3, 0.4) is 0 Å². The van der Waals surface area contributed by atoms with Crippen molar-refractivity contribution in [1.82, 2.24) is 0 Å². The van der Waals surface area contributed by atoms with Crippen LogP contribution in [0, 0.1) is 0 Å². The largest absolute Gasteiger partial charge is 0.147 e. The molecule has 0 aromatic rings. The molecule has 0 fully saturated rings. The van der Waals surface area contributed by atoms with Gasteiger partial charge in [-0.05, 0) is 0 Å². The zero-order valence-corrected chi connectivity index (χ0v) is 3.69. The minimum Gasteiger partial charge on any atom is -0.147 e. The van der Waals surface area contributed by atoms with Crippen LogP contribution < -0.4 is 0 Å². The molecule has 0 saturated carbocycles. The van der Waals surface area contributed by atoms with Crippen molar-refractivity contribution < 1.29 is 22.4 Å². The first-order valence-corrected chi connectivity index (χ1v) is 0. The van der Waals surface area contributed by atoms with Crippen molar-refractivity contribution in [2.45, 2.75) is 44.6 Å². The Balaban J connectivity index is 0. The molecule has 0 aliphatic carbocycles. The van der Waals surface area contributed by atoms with Crippen LogP contribution in [-0.2, 0) is 22.4 Å². The monoisotopic (exact) mass is 329 g/mol. The van der Waals surface area contributed by atoms with E-state index in [0.717, 1.165) is 0 Å². The summed E-state index contributed by atoms with van der Waals surface area (Å²) in [7, 11) is 0. The molecular weight excluding hydrogens is 304 g/mol. The second kappa shape index (κ2) is 374. The van der Waals surface area contributed by atoms with Crippen molar-refractivity contribution in [1.29, 1.82) is 0 Å². The average molecular weight is 330 g/mol. The van der Waals surface area contributed by atoms with E-state index in [-0.39, 0.29) is 79.3 Å². The molecule has 0 atom stereocenters. The van der Waals surface area contributed by atoms with Gasteiger partial charge in [0.2, 0.25) is 0 Å². The van der Waals surface area contributed by atoms with Gasteiger partial charge >= 0.3 is 0 Å². The smallest absolute Gasteiger partial charge is 0 e. The number of halogens is 1. The first-order chi connectivity index (χ1) is 0. The Morgan fingerprint density at radius 2 is 0.375 bits per heavy atom. The molecule has 0 nitrogen and oxygen atoms in total. The summed E-state index contributed by atoms with van der Waals surface area (Å²) in [6.07, 6.45) is 0. The van der Waals surface area contributed by atoms with Crippen LogP contribution in [0.5, 0.6) is 0 Å². The van der Waals surface area contributed by atoms with E-state index in [1.807, 2.05) is 0 Å². The average Bonchev–Trinajstić information content (AvgIpc) is 0. The van der Waals surface area contributed by atoms with Crippen LogP contribution in [-0.4, -0.2) is 0 Å². The van der Waals surface area contributed by atoms with Crippen LogP contribution in [0.2, 0.25) is 0 Å². The van der Waals surface area contributed by atoms with E-state index in [0.29, 0.717) is 0 Å². The molecule has 0 aliphatic rings. The van der Waals surface area contributed by atoms with Gasteiger partial charge in [-0.15, -0.1) is 12.4 Å². The molecule has 0 aromatic heterocycles. The van der Waals surface area contributed by atoms with Gasteiger partial charge in [-0.25, -0.2) is 0 Å². The summed E-state index contributed by atoms with van der Waals surface area (Å²) < 4.78 is 0. The van der Waals surface area contributed by atoms with Gasteiger partial charge in [-0.1, -0.05) is 44.6 Å². The maximum atomic E-state index is 0. The standard InChI is InChI=1S/6CH4.Au.ClH/h6*1H4;;1H. The van der Waals surface area contributed by atoms with Gasteiger partial charge in [0.1, 0.15) is 0 Å². The Labute approximate surface area is 79.4 Å². The van der Waals surface area contributed by atoms with Crippen molar-refractivity contribution >= 4 is 12.4 Å².